The Bertz CT molecular complexity index is 1160. The van der Waals surface area contributed by atoms with E-state index in [4.69, 9.17) is 28.3 Å². The number of hydrogen-bond acceptors (Lipinski definition) is 3. The highest BCUT2D eigenvalue weighted by atomic mass is 35.5. The molecule has 0 atom stereocenters. The Balaban J connectivity index is 1.88. The summed E-state index contributed by atoms with van der Waals surface area (Å²) in [7, 11) is 0. The van der Waals surface area contributed by atoms with Crippen LogP contribution in [0.3, 0.4) is 0 Å². The lowest BCUT2D eigenvalue weighted by Gasteiger charge is -2.24. The summed E-state index contributed by atoms with van der Waals surface area (Å²) in [4.78, 5) is 27.8. The van der Waals surface area contributed by atoms with Crippen LogP contribution in [0.25, 0.3) is 5.69 Å². The SMILES string of the molecule is CC(C)CN(CC(=O)Nc1cc(C(C)(C)C)nn1-c1ccc(Cl)cc1)C(=O)c1ccccc1Cl. The van der Waals surface area contributed by atoms with E-state index in [2.05, 4.69) is 26.1 Å². The van der Waals surface area contributed by atoms with Crippen molar-refractivity contribution in [2.24, 2.45) is 5.92 Å². The Morgan fingerprint density at radius 2 is 1.71 bits per heavy atom. The summed E-state index contributed by atoms with van der Waals surface area (Å²) in [5.41, 5.74) is 1.74. The number of aromatic nitrogens is 2. The van der Waals surface area contributed by atoms with Gasteiger partial charge in [-0.05, 0) is 42.3 Å². The van der Waals surface area contributed by atoms with Gasteiger partial charge in [0.05, 0.1) is 22.0 Å². The molecule has 2 aromatic carbocycles. The van der Waals surface area contributed by atoms with Crippen molar-refractivity contribution in [3.63, 3.8) is 0 Å². The average molecular weight is 501 g/mol. The number of benzene rings is 2. The number of halogens is 2. The highest BCUT2D eigenvalue weighted by Crippen LogP contribution is 2.27. The van der Waals surface area contributed by atoms with Crippen LogP contribution in [0.15, 0.2) is 54.6 Å². The Morgan fingerprint density at radius 1 is 1.06 bits per heavy atom. The van der Waals surface area contributed by atoms with Crippen molar-refractivity contribution in [2.75, 3.05) is 18.4 Å². The minimum atomic E-state index is -0.323. The van der Waals surface area contributed by atoms with Crippen LogP contribution in [0.4, 0.5) is 5.82 Å². The first-order valence-corrected chi connectivity index (χ1v) is 11.9. The Hall–Kier alpha value is -2.83. The maximum atomic E-state index is 13.2. The number of carbonyl (C=O) groups is 2. The highest BCUT2D eigenvalue weighted by Gasteiger charge is 2.24. The third-order valence-corrected chi connectivity index (χ3v) is 5.71. The minimum absolute atomic E-state index is 0.112. The van der Waals surface area contributed by atoms with Gasteiger partial charge in [0, 0.05) is 23.0 Å². The number of amides is 2. The Labute approximate surface area is 210 Å². The molecular formula is C26H30Cl2N4O2. The summed E-state index contributed by atoms with van der Waals surface area (Å²) in [6.07, 6.45) is 0. The molecule has 8 heteroatoms. The largest absolute Gasteiger partial charge is 0.329 e. The number of rotatable bonds is 7. The van der Waals surface area contributed by atoms with Crippen molar-refractivity contribution in [2.45, 2.75) is 40.0 Å². The summed E-state index contributed by atoms with van der Waals surface area (Å²) < 4.78 is 1.68. The van der Waals surface area contributed by atoms with Gasteiger partial charge in [-0.15, -0.1) is 0 Å². The number of nitrogens with one attached hydrogen (secondary N) is 1. The molecule has 1 heterocycles. The van der Waals surface area contributed by atoms with E-state index >= 15 is 0 Å². The van der Waals surface area contributed by atoms with Gasteiger partial charge in [-0.1, -0.05) is 70.0 Å². The first-order chi connectivity index (χ1) is 16.0. The Morgan fingerprint density at radius 3 is 2.29 bits per heavy atom. The second-order valence-corrected chi connectivity index (χ2v) is 10.5. The second-order valence-electron chi connectivity index (χ2n) is 9.66. The standard InChI is InChI=1S/C26H30Cl2N4O2/c1-17(2)15-31(25(34)20-8-6-7-9-21(20)28)16-24(33)29-23-14-22(26(3,4)5)30-32(23)19-12-10-18(27)11-13-19/h6-14,17H,15-16H2,1-5H3,(H,29,33). The van der Waals surface area contributed by atoms with E-state index in [1.165, 1.54) is 4.90 Å². The van der Waals surface area contributed by atoms with Gasteiger partial charge in [0.1, 0.15) is 12.4 Å². The van der Waals surface area contributed by atoms with E-state index in [0.29, 0.717) is 28.0 Å². The first-order valence-electron chi connectivity index (χ1n) is 11.2. The number of nitrogens with zero attached hydrogens (tertiary/aromatic N) is 3. The van der Waals surface area contributed by atoms with Gasteiger partial charge in [-0.3, -0.25) is 9.59 Å². The maximum Gasteiger partial charge on any atom is 0.255 e. The monoisotopic (exact) mass is 500 g/mol. The third kappa shape index (κ3) is 6.39. The van der Waals surface area contributed by atoms with Gasteiger partial charge in [0.25, 0.3) is 5.91 Å². The van der Waals surface area contributed by atoms with Crippen LogP contribution >= 0.6 is 23.2 Å². The van der Waals surface area contributed by atoms with Crippen LogP contribution in [0.2, 0.25) is 10.0 Å². The average Bonchev–Trinajstić information content (AvgIpc) is 3.17. The lowest BCUT2D eigenvalue weighted by molar-refractivity contribution is -0.117. The molecule has 0 fully saturated rings. The summed E-state index contributed by atoms with van der Waals surface area (Å²) >= 11 is 12.3. The van der Waals surface area contributed by atoms with Crippen LogP contribution in [0, 0.1) is 5.92 Å². The van der Waals surface area contributed by atoms with Crippen LogP contribution in [0.5, 0.6) is 0 Å². The zero-order valence-electron chi connectivity index (χ0n) is 20.1. The molecule has 0 aliphatic rings. The zero-order valence-corrected chi connectivity index (χ0v) is 21.6. The molecule has 0 saturated heterocycles. The predicted octanol–water partition coefficient (Wildman–Crippen LogP) is 6.21. The minimum Gasteiger partial charge on any atom is -0.329 e. The third-order valence-electron chi connectivity index (χ3n) is 5.13. The first kappa shape index (κ1) is 25.8. The molecule has 1 aromatic heterocycles. The maximum absolute atomic E-state index is 13.2. The summed E-state index contributed by atoms with van der Waals surface area (Å²) in [6, 6.07) is 15.9. The fourth-order valence-corrected chi connectivity index (χ4v) is 3.78. The van der Waals surface area contributed by atoms with Crippen LogP contribution in [-0.4, -0.2) is 39.6 Å². The van der Waals surface area contributed by atoms with Crippen molar-refractivity contribution in [1.29, 1.82) is 0 Å². The van der Waals surface area contributed by atoms with Crippen LogP contribution < -0.4 is 5.32 Å². The molecule has 0 aliphatic carbocycles. The fourth-order valence-electron chi connectivity index (χ4n) is 3.44. The predicted molar refractivity (Wildman–Crippen MR) is 138 cm³/mol. The second kappa shape index (κ2) is 10.6. The van der Waals surface area contributed by atoms with Crippen molar-refractivity contribution in [1.82, 2.24) is 14.7 Å². The lowest BCUT2D eigenvalue weighted by atomic mass is 9.92. The molecule has 1 N–H and O–H groups in total. The van der Waals surface area contributed by atoms with Crippen molar-refractivity contribution in [3.8, 4) is 5.69 Å². The fraction of sp³-hybridized carbons (Fsp3) is 0.346. The van der Waals surface area contributed by atoms with E-state index in [1.54, 1.807) is 41.1 Å². The quantitative estimate of drug-likeness (QED) is 0.418. The topological polar surface area (TPSA) is 67.2 Å². The zero-order chi connectivity index (χ0) is 25.0. The molecule has 0 bridgehead atoms. The molecular weight excluding hydrogens is 471 g/mol. The number of hydrogen-bond donors (Lipinski definition) is 1. The smallest absolute Gasteiger partial charge is 0.255 e. The van der Waals surface area contributed by atoms with Crippen LogP contribution in [-0.2, 0) is 10.2 Å². The number of carbonyl (C=O) groups excluding carboxylic acids is 2. The molecule has 0 aliphatic heterocycles. The molecule has 34 heavy (non-hydrogen) atoms. The lowest BCUT2D eigenvalue weighted by Crippen LogP contribution is -2.40. The normalized spacial score (nSPS) is 11.5. The summed E-state index contributed by atoms with van der Waals surface area (Å²) in [5.74, 6) is 0.0888. The summed E-state index contributed by atoms with van der Waals surface area (Å²) in [6.45, 7) is 10.5. The van der Waals surface area contributed by atoms with Gasteiger partial charge >= 0.3 is 0 Å². The van der Waals surface area contributed by atoms with Gasteiger partial charge in [-0.2, -0.15) is 5.10 Å². The molecule has 180 valence electrons. The van der Waals surface area contributed by atoms with Crippen molar-refractivity contribution < 1.29 is 9.59 Å². The number of anilines is 1. The molecule has 0 saturated carbocycles. The molecule has 3 aromatic rings. The van der Waals surface area contributed by atoms with Gasteiger partial charge < -0.3 is 10.2 Å². The Kier molecular flexibility index (Phi) is 8.05. The van der Waals surface area contributed by atoms with Crippen molar-refractivity contribution in [3.05, 3.63) is 75.9 Å². The molecule has 2 amide bonds. The molecule has 3 rings (SSSR count). The van der Waals surface area contributed by atoms with E-state index in [9.17, 15) is 9.59 Å². The van der Waals surface area contributed by atoms with Crippen LogP contribution in [0.1, 0.15) is 50.7 Å². The van der Waals surface area contributed by atoms with Gasteiger partial charge in [0.2, 0.25) is 5.91 Å². The van der Waals surface area contributed by atoms with Crippen molar-refractivity contribution >= 4 is 40.8 Å². The van der Waals surface area contributed by atoms with E-state index in [-0.39, 0.29) is 29.7 Å². The highest BCUT2D eigenvalue weighted by molar-refractivity contribution is 6.33. The van der Waals surface area contributed by atoms with Gasteiger partial charge in [0.15, 0.2) is 0 Å². The summed E-state index contributed by atoms with van der Waals surface area (Å²) in [5, 5.41) is 8.63. The molecule has 0 radical (unpaired) electrons. The molecule has 0 unspecified atom stereocenters. The van der Waals surface area contributed by atoms with E-state index in [0.717, 1.165) is 11.4 Å². The molecule has 6 nitrogen and oxygen atoms in total. The molecule has 0 spiro atoms. The van der Waals surface area contributed by atoms with E-state index in [1.807, 2.05) is 32.0 Å². The van der Waals surface area contributed by atoms with Gasteiger partial charge in [-0.25, -0.2) is 4.68 Å². The van der Waals surface area contributed by atoms with E-state index < -0.39 is 0 Å².